The Bertz CT molecular complexity index is 1010. The van der Waals surface area contributed by atoms with E-state index >= 15 is 0 Å². The number of aromatic nitrogens is 1. The van der Waals surface area contributed by atoms with E-state index in [1.165, 1.54) is 0 Å². The van der Waals surface area contributed by atoms with Gasteiger partial charge < -0.3 is 15.4 Å². The van der Waals surface area contributed by atoms with E-state index in [9.17, 15) is 9.59 Å². The minimum absolute atomic E-state index is 0.165. The second-order valence-electron chi connectivity index (χ2n) is 8.57. The van der Waals surface area contributed by atoms with E-state index in [2.05, 4.69) is 15.6 Å². The zero-order chi connectivity index (χ0) is 23.0. The summed E-state index contributed by atoms with van der Waals surface area (Å²) in [5, 5.41) is 5.70. The van der Waals surface area contributed by atoms with Crippen LogP contribution in [0.2, 0.25) is 0 Å². The van der Waals surface area contributed by atoms with Crippen LogP contribution in [0.5, 0.6) is 0 Å². The first-order valence-corrected chi connectivity index (χ1v) is 10.6. The first-order valence-electron chi connectivity index (χ1n) is 10.6. The van der Waals surface area contributed by atoms with Crippen molar-refractivity contribution in [3.05, 3.63) is 84.7 Å². The van der Waals surface area contributed by atoms with Gasteiger partial charge in [-0.1, -0.05) is 42.5 Å². The van der Waals surface area contributed by atoms with Crippen LogP contribution in [-0.2, 0) is 16.0 Å². The number of pyridine rings is 1. The molecule has 3 aromatic rings. The molecule has 0 aliphatic carbocycles. The molecule has 2 aromatic carbocycles. The van der Waals surface area contributed by atoms with E-state index in [1.54, 1.807) is 33.2 Å². The predicted molar refractivity (Wildman–Crippen MR) is 126 cm³/mol. The summed E-state index contributed by atoms with van der Waals surface area (Å²) in [6.07, 6.45) is 3.45. The van der Waals surface area contributed by atoms with E-state index in [4.69, 9.17) is 4.74 Å². The molecular formula is C26H29N3O3. The molecular weight excluding hydrogens is 402 g/mol. The van der Waals surface area contributed by atoms with E-state index < -0.39 is 17.6 Å². The van der Waals surface area contributed by atoms with Crippen LogP contribution in [0.25, 0.3) is 11.1 Å². The average molecular weight is 432 g/mol. The van der Waals surface area contributed by atoms with Gasteiger partial charge in [-0.15, -0.1) is 0 Å². The number of nitrogens with zero attached hydrogens (tertiary/aromatic N) is 1. The molecule has 6 nitrogen and oxygen atoms in total. The van der Waals surface area contributed by atoms with Gasteiger partial charge in [0.05, 0.1) is 5.92 Å². The minimum atomic E-state index is -0.599. The molecule has 0 aliphatic heterocycles. The van der Waals surface area contributed by atoms with Crippen LogP contribution in [-0.4, -0.2) is 29.1 Å². The van der Waals surface area contributed by atoms with Crippen molar-refractivity contribution in [3.8, 4) is 11.1 Å². The standard InChI is InChI=1S/C26H29N3O3/c1-26(2,3)32-25(31)28-18-22(17-19-7-5-4-6-8-19)24(30)29-23-11-9-20(10-12-23)21-13-15-27-16-14-21/h4-16,22H,17-18H2,1-3H3,(H,28,31)(H,29,30). The van der Waals surface area contributed by atoms with Crippen molar-refractivity contribution >= 4 is 17.7 Å². The number of alkyl carbamates (subject to hydrolysis) is 1. The maximum absolute atomic E-state index is 13.1. The Morgan fingerprint density at radius 2 is 1.53 bits per heavy atom. The highest BCUT2D eigenvalue weighted by molar-refractivity contribution is 5.93. The van der Waals surface area contributed by atoms with Crippen molar-refractivity contribution in [2.45, 2.75) is 32.8 Å². The third kappa shape index (κ3) is 7.23. The molecule has 1 heterocycles. The van der Waals surface area contributed by atoms with Crippen LogP contribution in [0.4, 0.5) is 10.5 Å². The van der Waals surface area contributed by atoms with Gasteiger partial charge in [-0.05, 0) is 68.1 Å². The molecule has 6 heteroatoms. The lowest BCUT2D eigenvalue weighted by Crippen LogP contribution is -2.39. The molecule has 0 radical (unpaired) electrons. The fourth-order valence-corrected chi connectivity index (χ4v) is 3.21. The van der Waals surface area contributed by atoms with Crippen molar-refractivity contribution in [1.82, 2.24) is 10.3 Å². The van der Waals surface area contributed by atoms with Gasteiger partial charge in [0.15, 0.2) is 0 Å². The summed E-state index contributed by atoms with van der Waals surface area (Å²) < 4.78 is 5.31. The van der Waals surface area contributed by atoms with E-state index in [0.29, 0.717) is 12.1 Å². The van der Waals surface area contributed by atoms with Crippen molar-refractivity contribution in [1.29, 1.82) is 0 Å². The summed E-state index contributed by atoms with van der Waals surface area (Å²) in [4.78, 5) is 29.2. The smallest absolute Gasteiger partial charge is 0.407 e. The molecule has 0 spiro atoms. The van der Waals surface area contributed by atoms with Crippen LogP contribution in [0.1, 0.15) is 26.3 Å². The molecule has 0 saturated heterocycles. The van der Waals surface area contributed by atoms with Gasteiger partial charge in [0.25, 0.3) is 0 Å². The lowest BCUT2D eigenvalue weighted by Gasteiger charge is -2.22. The highest BCUT2D eigenvalue weighted by atomic mass is 16.6. The average Bonchev–Trinajstić information content (AvgIpc) is 2.77. The van der Waals surface area contributed by atoms with Gasteiger partial charge in [-0.2, -0.15) is 0 Å². The fraction of sp³-hybridized carbons (Fsp3) is 0.269. The van der Waals surface area contributed by atoms with Crippen molar-refractivity contribution in [2.24, 2.45) is 5.92 Å². The van der Waals surface area contributed by atoms with Crippen LogP contribution in [0.3, 0.4) is 0 Å². The molecule has 2 amide bonds. The summed E-state index contributed by atoms with van der Waals surface area (Å²) in [6.45, 7) is 5.58. The Labute approximate surface area is 189 Å². The van der Waals surface area contributed by atoms with Crippen LogP contribution in [0.15, 0.2) is 79.1 Å². The van der Waals surface area contributed by atoms with E-state index in [0.717, 1.165) is 16.7 Å². The first kappa shape index (κ1) is 23.0. The molecule has 0 saturated carbocycles. The quantitative estimate of drug-likeness (QED) is 0.547. The second-order valence-corrected chi connectivity index (χ2v) is 8.57. The van der Waals surface area contributed by atoms with Crippen molar-refractivity contribution in [3.63, 3.8) is 0 Å². The number of nitrogens with one attached hydrogen (secondary N) is 2. The number of amides is 2. The van der Waals surface area contributed by atoms with E-state index in [1.807, 2.05) is 66.7 Å². The SMILES string of the molecule is CC(C)(C)OC(=O)NCC(Cc1ccccc1)C(=O)Nc1ccc(-c2ccncc2)cc1. The molecule has 1 aromatic heterocycles. The maximum atomic E-state index is 13.1. The zero-order valence-electron chi connectivity index (χ0n) is 18.7. The van der Waals surface area contributed by atoms with Crippen LogP contribution in [0, 0.1) is 5.92 Å². The van der Waals surface area contributed by atoms with Crippen molar-refractivity contribution < 1.29 is 14.3 Å². The van der Waals surface area contributed by atoms with Crippen LogP contribution < -0.4 is 10.6 Å². The molecule has 0 bridgehead atoms. The number of benzene rings is 2. The Morgan fingerprint density at radius 3 is 2.16 bits per heavy atom. The summed E-state index contributed by atoms with van der Waals surface area (Å²) >= 11 is 0. The molecule has 2 N–H and O–H groups in total. The summed E-state index contributed by atoms with van der Waals surface area (Å²) in [5.74, 6) is -0.619. The zero-order valence-corrected chi connectivity index (χ0v) is 18.7. The topological polar surface area (TPSA) is 80.3 Å². The van der Waals surface area contributed by atoms with Crippen LogP contribution >= 0.6 is 0 Å². The Kier molecular flexibility index (Phi) is 7.60. The number of carbonyl (C=O) groups is 2. The molecule has 1 atom stereocenters. The number of hydrogen-bond donors (Lipinski definition) is 2. The number of anilines is 1. The normalized spacial score (nSPS) is 12.0. The summed E-state index contributed by atoms with van der Waals surface area (Å²) in [7, 11) is 0. The summed E-state index contributed by atoms with van der Waals surface area (Å²) in [6, 6.07) is 21.3. The highest BCUT2D eigenvalue weighted by Gasteiger charge is 2.22. The predicted octanol–water partition coefficient (Wildman–Crippen LogP) is 5.07. The first-order chi connectivity index (χ1) is 15.3. The maximum Gasteiger partial charge on any atom is 0.407 e. The monoisotopic (exact) mass is 431 g/mol. The van der Waals surface area contributed by atoms with Gasteiger partial charge in [-0.3, -0.25) is 9.78 Å². The number of ether oxygens (including phenoxy) is 1. The third-order valence-corrected chi connectivity index (χ3v) is 4.75. The Hall–Kier alpha value is -3.67. The second kappa shape index (κ2) is 10.6. The number of hydrogen-bond acceptors (Lipinski definition) is 4. The van der Waals surface area contributed by atoms with Gasteiger partial charge in [0, 0.05) is 24.6 Å². The third-order valence-electron chi connectivity index (χ3n) is 4.75. The lowest BCUT2D eigenvalue weighted by atomic mass is 9.98. The molecule has 32 heavy (non-hydrogen) atoms. The largest absolute Gasteiger partial charge is 0.444 e. The molecule has 1 unspecified atom stereocenters. The van der Waals surface area contributed by atoms with E-state index in [-0.39, 0.29) is 12.5 Å². The summed E-state index contributed by atoms with van der Waals surface area (Å²) in [5.41, 5.74) is 3.21. The Balaban J connectivity index is 1.67. The number of carbonyl (C=O) groups excluding carboxylic acids is 2. The molecule has 3 rings (SSSR count). The van der Waals surface area contributed by atoms with Gasteiger partial charge >= 0.3 is 6.09 Å². The molecule has 0 aliphatic rings. The van der Waals surface area contributed by atoms with Gasteiger partial charge in [0.2, 0.25) is 5.91 Å². The highest BCUT2D eigenvalue weighted by Crippen LogP contribution is 2.21. The minimum Gasteiger partial charge on any atom is -0.444 e. The number of rotatable bonds is 7. The molecule has 166 valence electrons. The molecule has 0 fully saturated rings. The fourth-order valence-electron chi connectivity index (χ4n) is 3.21. The van der Waals surface area contributed by atoms with Gasteiger partial charge in [-0.25, -0.2) is 4.79 Å². The van der Waals surface area contributed by atoms with Gasteiger partial charge in [0.1, 0.15) is 5.60 Å². The Morgan fingerprint density at radius 1 is 0.906 bits per heavy atom. The van der Waals surface area contributed by atoms with Crippen molar-refractivity contribution in [2.75, 3.05) is 11.9 Å². The lowest BCUT2D eigenvalue weighted by molar-refractivity contribution is -0.119.